The normalized spacial score (nSPS) is 12.5. The number of alkyl halides is 6. The molecule has 0 aliphatic heterocycles. The highest BCUT2D eigenvalue weighted by Crippen LogP contribution is 2.40. The Hall–Kier alpha value is -2.38. The van der Waals surface area contributed by atoms with Crippen LogP contribution in [0.5, 0.6) is 0 Å². The largest absolute Gasteiger partial charge is 0.417 e. The second kappa shape index (κ2) is 5.11. The number of rotatable bonds is 1. The van der Waals surface area contributed by atoms with Crippen molar-refractivity contribution < 1.29 is 26.3 Å². The molecule has 2 rings (SSSR count). The van der Waals surface area contributed by atoms with Crippen LogP contribution in [0.25, 0.3) is 11.1 Å². The third-order valence-corrected chi connectivity index (χ3v) is 2.94. The summed E-state index contributed by atoms with van der Waals surface area (Å²) in [5.74, 6) is 0. The van der Waals surface area contributed by atoms with Crippen molar-refractivity contribution >= 4 is 11.4 Å². The van der Waals surface area contributed by atoms with E-state index in [9.17, 15) is 26.3 Å². The monoisotopic (exact) mass is 320 g/mol. The Balaban J connectivity index is 2.70. The zero-order valence-electron chi connectivity index (χ0n) is 10.9. The number of halogens is 6. The van der Waals surface area contributed by atoms with Crippen LogP contribution in [0.4, 0.5) is 37.7 Å². The molecule has 0 bridgehead atoms. The molecule has 0 unspecified atom stereocenters. The van der Waals surface area contributed by atoms with E-state index in [0.29, 0.717) is 18.2 Å². The van der Waals surface area contributed by atoms with Crippen molar-refractivity contribution in [1.29, 1.82) is 0 Å². The Kier molecular flexibility index (Phi) is 3.72. The van der Waals surface area contributed by atoms with E-state index in [-0.39, 0.29) is 16.9 Å². The van der Waals surface area contributed by atoms with Crippen molar-refractivity contribution in [2.75, 3.05) is 11.5 Å². The molecule has 0 spiro atoms. The van der Waals surface area contributed by atoms with Gasteiger partial charge in [-0.25, -0.2) is 0 Å². The Labute approximate surface area is 121 Å². The molecule has 0 saturated heterocycles. The van der Waals surface area contributed by atoms with Gasteiger partial charge in [-0.1, -0.05) is 6.07 Å². The van der Waals surface area contributed by atoms with Crippen molar-refractivity contribution in [3.05, 3.63) is 47.5 Å². The first-order valence-corrected chi connectivity index (χ1v) is 5.93. The molecule has 2 nitrogen and oxygen atoms in total. The van der Waals surface area contributed by atoms with E-state index >= 15 is 0 Å². The van der Waals surface area contributed by atoms with Crippen LogP contribution in [0.2, 0.25) is 0 Å². The lowest BCUT2D eigenvalue weighted by Gasteiger charge is -2.16. The average Bonchev–Trinajstić information content (AvgIpc) is 2.35. The molecule has 0 heterocycles. The van der Waals surface area contributed by atoms with Gasteiger partial charge in [-0.05, 0) is 41.5 Å². The van der Waals surface area contributed by atoms with Crippen molar-refractivity contribution in [1.82, 2.24) is 0 Å². The van der Waals surface area contributed by atoms with Gasteiger partial charge in [-0.2, -0.15) is 26.3 Å². The van der Waals surface area contributed by atoms with E-state index in [1.807, 2.05) is 0 Å². The van der Waals surface area contributed by atoms with Crippen LogP contribution in [0.15, 0.2) is 36.4 Å². The second-order valence-electron chi connectivity index (χ2n) is 4.64. The Morgan fingerprint density at radius 2 is 1.32 bits per heavy atom. The van der Waals surface area contributed by atoms with E-state index in [1.165, 1.54) is 6.07 Å². The van der Waals surface area contributed by atoms with Crippen molar-refractivity contribution in [3.63, 3.8) is 0 Å². The molecule has 0 radical (unpaired) electrons. The van der Waals surface area contributed by atoms with Gasteiger partial charge in [0.05, 0.1) is 11.1 Å². The SMILES string of the molecule is Nc1cc(-c2ccc(N)cc2C(F)(F)F)cc(C(F)(F)F)c1. The van der Waals surface area contributed by atoms with Crippen LogP contribution in [0, 0.1) is 0 Å². The summed E-state index contributed by atoms with van der Waals surface area (Å²) in [7, 11) is 0. The number of nitrogens with two attached hydrogens (primary N) is 2. The summed E-state index contributed by atoms with van der Waals surface area (Å²) >= 11 is 0. The van der Waals surface area contributed by atoms with Crippen LogP contribution >= 0.6 is 0 Å². The van der Waals surface area contributed by atoms with Crippen molar-refractivity contribution in [2.24, 2.45) is 0 Å². The Bertz CT molecular complexity index is 703. The molecule has 0 amide bonds. The maximum absolute atomic E-state index is 13.0. The second-order valence-corrected chi connectivity index (χ2v) is 4.64. The lowest BCUT2D eigenvalue weighted by atomic mass is 9.96. The summed E-state index contributed by atoms with van der Waals surface area (Å²) in [6.45, 7) is 0. The maximum Gasteiger partial charge on any atom is 0.417 e. The molecule has 2 aromatic carbocycles. The first-order chi connectivity index (χ1) is 9.98. The summed E-state index contributed by atoms with van der Waals surface area (Å²) in [5.41, 5.74) is 7.35. The number of benzene rings is 2. The molecule has 2 aromatic rings. The minimum atomic E-state index is -4.76. The number of nitrogen functional groups attached to an aromatic ring is 2. The molecule has 0 aliphatic carbocycles. The third-order valence-electron chi connectivity index (χ3n) is 2.94. The first-order valence-electron chi connectivity index (χ1n) is 5.93. The van der Waals surface area contributed by atoms with Gasteiger partial charge >= 0.3 is 12.4 Å². The summed E-state index contributed by atoms with van der Waals surface area (Å²) in [4.78, 5) is 0. The lowest BCUT2D eigenvalue weighted by Crippen LogP contribution is -2.09. The zero-order valence-corrected chi connectivity index (χ0v) is 10.9. The minimum absolute atomic E-state index is 0.143. The van der Waals surface area contributed by atoms with E-state index in [0.717, 1.165) is 12.1 Å². The molecule has 0 atom stereocenters. The first kappa shape index (κ1) is 16.0. The molecule has 4 N–H and O–H groups in total. The highest BCUT2D eigenvalue weighted by atomic mass is 19.4. The Morgan fingerprint density at radius 3 is 1.86 bits per heavy atom. The molecule has 8 heteroatoms. The van der Waals surface area contributed by atoms with Gasteiger partial charge in [0, 0.05) is 11.4 Å². The molecular formula is C14H10F6N2. The van der Waals surface area contributed by atoms with Gasteiger partial charge in [0.15, 0.2) is 0 Å². The smallest absolute Gasteiger partial charge is 0.399 e. The van der Waals surface area contributed by atoms with Gasteiger partial charge in [-0.3, -0.25) is 0 Å². The number of anilines is 2. The van der Waals surface area contributed by atoms with E-state index < -0.39 is 29.0 Å². The van der Waals surface area contributed by atoms with Gasteiger partial charge in [-0.15, -0.1) is 0 Å². The quantitative estimate of drug-likeness (QED) is 0.598. The van der Waals surface area contributed by atoms with Crippen LogP contribution in [0.1, 0.15) is 11.1 Å². The predicted molar refractivity (Wildman–Crippen MR) is 70.7 cm³/mol. The zero-order chi connectivity index (χ0) is 16.7. The van der Waals surface area contributed by atoms with E-state index in [2.05, 4.69) is 0 Å². The van der Waals surface area contributed by atoms with Crippen LogP contribution in [-0.2, 0) is 12.4 Å². The highest BCUT2D eigenvalue weighted by molar-refractivity contribution is 5.74. The molecule has 22 heavy (non-hydrogen) atoms. The van der Waals surface area contributed by atoms with E-state index in [4.69, 9.17) is 11.5 Å². The van der Waals surface area contributed by atoms with Gasteiger partial charge < -0.3 is 11.5 Å². The minimum Gasteiger partial charge on any atom is -0.399 e. The fourth-order valence-corrected chi connectivity index (χ4v) is 2.02. The summed E-state index contributed by atoms with van der Waals surface area (Å²) in [5, 5.41) is 0. The van der Waals surface area contributed by atoms with Crippen LogP contribution in [-0.4, -0.2) is 0 Å². The fourth-order valence-electron chi connectivity index (χ4n) is 2.02. The van der Waals surface area contributed by atoms with Gasteiger partial charge in [0.25, 0.3) is 0 Å². The van der Waals surface area contributed by atoms with Gasteiger partial charge in [0.1, 0.15) is 0 Å². The van der Waals surface area contributed by atoms with E-state index in [1.54, 1.807) is 0 Å². The molecular weight excluding hydrogens is 310 g/mol. The molecule has 118 valence electrons. The highest BCUT2D eigenvalue weighted by Gasteiger charge is 2.35. The summed E-state index contributed by atoms with van der Waals surface area (Å²) in [6.07, 6.45) is -9.47. The fraction of sp³-hybridized carbons (Fsp3) is 0.143. The standard InChI is InChI=1S/C14H10F6N2/c15-13(16,17)8-3-7(4-10(22)5-8)11-2-1-9(21)6-12(11)14(18,19)20/h1-6H,21-22H2. The topological polar surface area (TPSA) is 52.0 Å². The van der Waals surface area contributed by atoms with Crippen molar-refractivity contribution in [2.45, 2.75) is 12.4 Å². The summed E-state index contributed by atoms with van der Waals surface area (Å²) < 4.78 is 77.4. The Morgan fingerprint density at radius 1 is 0.682 bits per heavy atom. The molecule has 0 aromatic heterocycles. The maximum atomic E-state index is 13.0. The van der Waals surface area contributed by atoms with Crippen molar-refractivity contribution in [3.8, 4) is 11.1 Å². The summed E-state index contributed by atoms with van der Waals surface area (Å²) in [6, 6.07) is 5.21. The van der Waals surface area contributed by atoms with Gasteiger partial charge in [0.2, 0.25) is 0 Å². The molecule has 0 fully saturated rings. The van der Waals surface area contributed by atoms with Crippen LogP contribution in [0.3, 0.4) is 0 Å². The third kappa shape index (κ3) is 3.26. The molecule has 0 saturated carbocycles. The average molecular weight is 320 g/mol. The lowest BCUT2D eigenvalue weighted by molar-refractivity contribution is -0.137. The van der Waals surface area contributed by atoms with Crippen LogP contribution < -0.4 is 11.5 Å². The predicted octanol–water partition coefficient (Wildman–Crippen LogP) is 4.56. The number of hydrogen-bond acceptors (Lipinski definition) is 2. The molecule has 0 aliphatic rings. The number of hydrogen-bond donors (Lipinski definition) is 2.